The standard InChI is InChI=1S/C80H156O17P2/c1-7-10-12-14-16-18-19-20-21-24-28-31-34-38-45-51-57-63-78(83)91-69-75(96-79(84)64-58-52-46-39-35-32-29-26-23-22-25-27-30-33-37-43-49-55-61-73(6)9-3)70-94-98(86,87)92-66-74(81)67-93-99(88,89)95-71-76(68-90-77(82)62-56-50-44-36-17-15-13-11-8-2)97-80(85)65-59-53-47-41-40-42-48-54-60-72(4)5/h72-76,81H,7-71H2,1-6H3,(H,86,87)(H,88,89)/t73?,74-,75-,76-/m1/s1. The number of unbranched alkanes of at least 4 members (excludes halogenated alkanes) is 48. The number of aliphatic hydroxyl groups excluding tert-OH is 1. The summed E-state index contributed by atoms with van der Waals surface area (Å²) in [5, 5.41) is 10.6. The van der Waals surface area contributed by atoms with Gasteiger partial charge in [0.1, 0.15) is 19.3 Å². The normalized spacial score (nSPS) is 14.2. The van der Waals surface area contributed by atoms with Crippen molar-refractivity contribution in [3.8, 4) is 0 Å². The van der Waals surface area contributed by atoms with Gasteiger partial charge < -0.3 is 33.8 Å². The molecule has 0 heterocycles. The van der Waals surface area contributed by atoms with E-state index >= 15 is 0 Å². The lowest BCUT2D eigenvalue weighted by Gasteiger charge is -2.21. The summed E-state index contributed by atoms with van der Waals surface area (Å²) in [6.45, 7) is 9.63. The predicted molar refractivity (Wildman–Crippen MR) is 405 cm³/mol. The summed E-state index contributed by atoms with van der Waals surface area (Å²) in [7, 11) is -9.91. The third-order valence-corrected chi connectivity index (χ3v) is 21.0. The van der Waals surface area contributed by atoms with Gasteiger partial charge in [-0.3, -0.25) is 37.3 Å². The van der Waals surface area contributed by atoms with Crippen molar-refractivity contribution in [3.05, 3.63) is 0 Å². The van der Waals surface area contributed by atoms with E-state index in [1.54, 1.807) is 0 Å². The molecule has 0 spiro atoms. The molecule has 99 heavy (non-hydrogen) atoms. The molecule has 6 atom stereocenters. The zero-order valence-electron chi connectivity index (χ0n) is 64.8. The van der Waals surface area contributed by atoms with Crippen molar-refractivity contribution in [3.63, 3.8) is 0 Å². The number of ether oxygens (including phenoxy) is 4. The maximum absolute atomic E-state index is 13.1. The van der Waals surface area contributed by atoms with E-state index in [0.717, 1.165) is 102 Å². The quantitative estimate of drug-likeness (QED) is 0.0222. The Morgan fingerprint density at radius 1 is 0.293 bits per heavy atom. The van der Waals surface area contributed by atoms with Crippen LogP contribution in [0.3, 0.4) is 0 Å². The number of phosphoric ester groups is 2. The number of hydrogen-bond donors (Lipinski definition) is 3. The van der Waals surface area contributed by atoms with Crippen LogP contribution in [0.2, 0.25) is 0 Å². The molecule has 0 aliphatic rings. The van der Waals surface area contributed by atoms with Crippen LogP contribution in [0.15, 0.2) is 0 Å². The summed E-state index contributed by atoms with van der Waals surface area (Å²) >= 11 is 0. The summed E-state index contributed by atoms with van der Waals surface area (Å²) < 4.78 is 68.6. The topological polar surface area (TPSA) is 237 Å². The number of phosphoric acid groups is 2. The minimum Gasteiger partial charge on any atom is -0.462 e. The van der Waals surface area contributed by atoms with Crippen LogP contribution in [0.4, 0.5) is 0 Å². The first kappa shape index (κ1) is 97.1. The van der Waals surface area contributed by atoms with Gasteiger partial charge in [-0.15, -0.1) is 0 Å². The highest BCUT2D eigenvalue weighted by Crippen LogP contribution is 2.45. The Morgan fingerprint density at radius 3 is 0.768 bits per heavy atom. The minimum absolute atomic E-state index is 0.105. The van der Waals surface area contributed by atoms with Crippen molar-refractivity contribution >= 4 is 39.5 Å². The molecule has 0 fully saturated rings. The zero-order valence-corrected chi connectivity index (χ0v) is 66.6. The Morgan fingerprint density at radius 2 is 0.515 bits per heavy atom. The van der Waals surface area contributed by atoms with Gasteiger partial charge in [-0.2, -0.15) is 0 Å². The van der Waals surface area contributed by atoms with E-state index in [4.69, 9.17) is 37.0 Å². The zero-order chi connectivity index (χ0) is 72.8. The van der Waals surface area contributed by atoms with E-state index in [2.05, 4.69) is 41.5 Å². The molecule has 0 saturated heterocycles. The largest absolute Gasteiger partial charge is 0.472 e. The van der Waals surface area contributed by atoms with Gasteiger partial charge >= 0.3 is 39.5 Å². The lowest BCUT2D eigenvalue weighted by atomic mass is 9.99. The van der Waals surface area contributed by atoms with Crippen LogP contribution in [0.1, 0.15) is 420 Å². The number of carbonyl (C=O) groups is 4. The van der Waals surface area contributed by atoms with Crippen LogP contribution < -0.4 is 0 Å². The molecular weight excluding hydrogens is 1290 g/mol. The molecule has 0 rings (SSSR count). The van der Waals surface area contributed by atoms with E-state index in [1.165, 1.54) is 238 Å². The fraction of sp³-hybridized carbons (Fsp3) is 0.950. The van der Waals surface area contributed by atoms with E-state index in [0.29, 0.717) is 25.7 Å². The molecule has 19 heteroatoms. The van der Waals surface area contributed by atoms with Gasteiger partial charge in [-0.1, -0.05) is 369 Å². The summed E-state index contributed by atoms with van der Waals surface area (Å²) in [5.41, 5.74) is 0. The van der Waals surface area contributed by atoms with Crippen molar-refractivity contribution in [2.24, 2.45) is 11.8 Å². The molecule has 0 radical (unpaired) electrons. The number of carbonyl (C=O) groups excluding carboxylic acids is 4. The van der Waals surface area contributed by atoms with E-state index in [9.17, 15) is 43.2 Å². The SMILES string of the molecule is CCCCCCCCCCCCCCCCCCCC(=O)OC[C@H](COP(=O)(O)OC[C@@H](O)COP(=O)(O)OC[C@@H](COC(=O)CCCCCCCCCCC)OC(=O)CCCCCCCCCCC(C)C)OC(=O)CCCCCCCCCCCCCCCCCCCCC(C)CC. The first-order valence-corrected chi connectivity index (χ1v) is 44.5. The van der Waals surface area contributed by atoms with Gasteiger partial charge in [0.05, 0.1) is 26.4 Å². The Labute approximate surface area is 607 Å². The van der Waals surface area contributed by atoms with Crippen LogP contribution in [-0.2, 0) is 65.4 Å². The van der Waals surface area contributed by atoms with Crippen LogP contribution in [-0.4, -0.2) is 96.7 Å². The lowest BCUT2D eigenvalue weighted by molar-refractivity contribution is -0.161. The molecule has 0 aromatic carbocycles. The molecule has 3 unspecified atom stereocenters. The first-order valence-electron chi connectivity index (χ1n) is 41.5. The van der Waals surface area contributed by atoms with Crippen molar-refractivity contribution in [1.29, 1.82) is 0 Å². The van der Waals surface area contributed by atoms with Crippen molar-refractivity contribution in [2.75, 3.05) is 39.6 Å². The molecule has 0 aliphatic carbocycles. The summed E-state index contributed by atoms with van der Waals surface area (Å²) in [6.07, 6.45) is 61.2. The average Bonchev–Trinajstić information content (AvgIpc) is 0.980. The number of hydrogen-bond acceptors (Lipinski definition) is 15. The minimum atomic E-state index is -4.96. The molecular formula is C80H156O17P2. The van der Waals surface area contributed by atoms with Gasteiger partial charge in [-0.25, -0.2) is 9.13 Å². The van der Waals surface area contributed by atoms with Crippen molar-refractivity contribution < 1.29 is 80.2 Å². The van der Waals surface area contributed by atoms with Crippen LogP contribution in [0.25, 0.3) is 0 Å². The third-order valence-electron chi connectivity index (χ3n) is 19.1. The molecule has 0 amide bonds. The Balaban J connectivity index is 5.18. The smallest absolute Gasteiger partial charge is 0.462 e. The second-order valence-electron chi connectivity index (χ2n) is 29.5. The van der Waals surface area contributed by atoms with Crippen molar-refractivity contribution in [2.45, 2.75) is 439 Å². The highest BCUT2D eigenvalue weighted by Gasteiger charge is 2.30. The molecule has 0 bridgehead atoms. The molecule has 0 aromatic heterocycles. The fourth-order valence-electron chi connectivity index (χ4n) is 12.3. The molecule has 0 aromatic rings. The molecule has 17 nitrogen and oxygen atoms in total. The fourth-order valence-corrected chi connectivity index (χ4v) is 13.9. The van der Waals surface area contributed by atoms with Crippen LogP contribution in [0, 0.1) is 11.8 Å². The lowest BCUT2D eigenvalue weighted by Crippen LogP contribution is -2.30. The average molecular weight is 1450 g/mol. The second-order valence-corrected chi connectivity index (χ2v) is 32.4. The number of esters is 4. The molecule has 0 aliphatic heterocycles. The first-order chi connectivity index (χ1) is 47.9. The summed E-state index contributed by atoms with van der Waals surface area (Å²) in [5.74, 6) is -0.524. The summed E-state index contributed by atoms with van der Waals surface area (Å²) in [4.78, 5) is 72.9. The maximum Gasteiger partial charge on any atom is 0.472 e. The van der Waals surface area contributed by atoms with Crippen LogP contribution >= 0.6 is 15.6 Å². The number of aliphatic hydroxyl groups is 1. The molecule has 0 saturated carbocycles. The van der Waals surface area contributed by atoms with Crippen LogP contribution in [0.5, 0.6) is 0 Å². The third kappa shape index (κ3) is 72.8. The van der Waals surface area contributed by atoms with Gasteiger partial charge in [0.15, 0.2) is 12.2 Å². The molecule has 588 valence electrons. The predicted octanol–water partition coefficient (Wildman–Crippen LogP) is 23.9. The van der Waals surface area contributed by atoms with E-state index in [1.807, 2.05) is 0 Å². The van der Waals surface area contributed by atoms with E-state index in [-0.39, 0.29) is 25.7 Å². The highest BCUT2D eigenvalue weighted by atomic mass is 31.2. The maximum atomic E-state index is 13.1. The van der Waals surface area contributed by atoms with Gasteiger partial charge in [-0.05, 0) is 37.5 Å². The Hall–Kier alpha value is -1.94. The monoisotopic (exact) mass is 1450 g/mol. The Kier molecular flexibility index (Phi) is 70.3. The Bertz CT molecular complexity index is 1910. The summed E-state index contributed by atoms with van der Waals surface area (Å²) in [6, 6.07) is 0. The van der Waals surface area contributed by atoms with Crippen molar-refractivity contribution in [1.82, 2.24) is 0 Å². The van der Waals surface area contributed by atoms with E-state index < -0.39 is 97.5 Å². The van der Waals surface area contributed by atoms with Gasteiger partial charge in [0.2, 0.25) is 0 Å². The van der Waals surface area contributed by atoms with Gasteiger partial charge in [0.25, 0.3) is 0 Å². The van der Waals surface area contributed by atoms with Gasteiger partial charge in [0, 0.05) is 25.7 Å². The highest BCUT2D eigenvalue weighted by molar-refractivity contribution is 7.47. The second kappa shape index (κ2) is 71.7. The number of rotatable bonds is 79. The molecule has 3 N–H and O–H groups in total.